The van der Waals surface area contributed by atoms with Crippen LogP contribution in [0.15, 0.2) is 54.8 Å². The lowest BCUT2D eigenvalue weighted by Gasteiger charge is -2.31. The zero-order chi connectivity index (χ0) is 18.4. The zero-order valence-corrected chi connectivity index (χ0v) is 16.0. The van der Waals surface area contributed by atoms with E-state index in [-0.39, 0.29) is 11.3 Å². The van der Waals surface area contributed by atoms with Gasteiger partial charge in [0.1, 0.15) is 0 Å². The van der Waals surface area contributed by atoms with Crippen LogP contribution < -0.4 is 5.32 Å². The number of hydrogen-bond donors (Lipinski definition) is 1. The molecule has 0 aliphatic heterocycles. The lowest BCUT2D eigenvalue weighted by atomic mass is 9.88. The number of carbonyl (C=O) groups is 1. The summed E-state index contributed by atoms with van der Waals surface area (Å²) in [5, 5.41) is 4.78. The molecule has 2 aromatic rings. The van der Waals surface area contributed by atoms with Crippen LogP contribution in [0.5, 0.6) is 0 Å². The molecular weight excluding hydrogens is 320 g/mol. The molecule has 1 aromatic heterocycles. The Kier molecular flexibility index (Phi) is 6.10. The van der Waals surface area contributed by atoms with E-state index in [0.29, 0.717) is 6.42 Å². The molecule has 1 atom stereocenters. The second kappa shape index (κ2) is 8.50. The molecular formula is C23H30N2O. The van der Waals surface area contributed by atoms with E-state index in [1.165, 1.54) is 0 Å². The minimum atomic E-state index is 0.132. The smallest absolute Gasteiger partial charge is 0.165 e. The number of carbonyl (C=O) groups excluding carboxylic acids is 1. The van der Waals surface area contributed by atoms with Crippen molar-refractivity contribution in [3.63, 3.8) is 0 Å². The number of aryl methyl sites for hydroxylation is 1. The number of allylic oxidation sites excluding steroid dienone is 2. The first-order chi connectivity index (χ1) is 12.7. The Morgan fingerprint density at radius 3 is 2.81 bits per heavy atom. The van der Waals surface area contributed by atoms with E-state index in [2.05, 4.69) is 42.6 Å². The van der Waals surface area contributed by atoms with Crippen LogP contribution in [-0.2, 0) is 7.05 Å². The Morgan fingerprint density at radius 2 is 2.04 bits per heavy atom. The molecule has 0 spiro atoms. The van der Waals surface area contributed by atoms with Crippen LogP contribution in [0.1, 0.15) is 55.8 Å². The average molecular weight is 351 g/mol. The summed E-state index contributed by atoms with van der Waals surface area (Å²) in [6, 6.07) is 8.13. The fourth-order valence-electron chi connectivity index (χ4n) is 3.81. The van der Waals surface area contributed by atoms with Gasteiger partial charge in [-0.25, -0.2) is 0 Å². The van der Waals surface area contributed by atoms with Gasteiger partial charge in [0.05, 0.1) is 0 Å². The summed E-state index contributed by atoms with van der Waals surface area (Å²) >= 11 is 0. The third-order valence-corrected chi connectivity index (χ3v) is 5.53. The Balaban J connectivity index is 1.43. The Morgan fingerprint density at radius 1 is 1.19 bits per heavy atom. The molecule has 0 amide bonds. The molecule has 0 saturated heterocycles. The summed E-state index contributed by atoms with van der Waals surface area (Å²) in [6.45, 7) is 3.24. The molecule has 0 fully saturated rings. The molecule has 3 rings (SSSR count). The highest BCUT2D eigenvalue weighted by Gasteiger charge is 2.23. The van der Waals surface area contributed by atoms with E-state index in [0.717, 1.165) is 55.1 Å². The minimum absolute atomic E-state index is 0.132. The lowest BCUT2D eigenvalue weighted by molar-refractivity contribution is 0.0980. The van der Waals surface area contributed by atoms with E-state index in [1.807, 2.05) is 36.0 Å². The van der Waals surface area contributed by atoms with Crippen molar-refractivity contribution < 1.29 is 4.79 Å². The normalized spacial score (nSPS) is 19.3. The number of benzene rings is 1. The summed E-state index contributed by atoms with van der Waals surface area (Å²) in [6.07, 6.45) is 16.7. The van der Waals surface area contributed by atoms with E-state index < -0.39 is 0 Å². The van der Waals surface area contributed by atoms with Gasteiger partial charge in [0.2, 0.25) is 0 Å². The van der Waals surface area contributed by atoms with Crippen molar-refractivity contribution in [2.24, 2.45) is 7.05 Å². The highest BCUT2D eigenvalue weighted by Crippen LogP contribution is 2.23. The molecule has 26 heavy (non-hydrogen) atoms. The number of nitrogens with zero attached hydrogens (tertiary/aromatic N) is 1. The van der Waals surface area contributed by atoms with E-state index in [1.54, 1.807) is 0 Å². The second-order valence-corrected chi connectivity index (χ2v) is 7.33. The highest BCUT2D eigenvalue weighted by molar-refractivity contribution is 6.08. The third kappa shape index (κ3) is 4.16. The van der Waals surface area contributed by atoms with Gasteiger partial charge >= 0.3 is 0 Å². The summed E-state index contributed by atoms with van der Waals surface area (Å²) in [5.41, 5.74) is 2.12. The summed E-state index contributed by atoms with van der Waals surface area (Å²) in [4.78, 5) is 12.6. The number of hydrogen-bond acceptors (Lipinski definition) is 2. The molecule has 1 unspecified atom stereocenters. The van der Waals surface area contributed by atoms with Crippen LogP contribution in [-0.4, -0.2) is 22.4 Å². The van der Waals surface area contributed by atoms with Gasteiger partial charge in [0.15, 0.2) is 5.78 Å². The quantitative estimate of drug-likeness (QED) is 0.500. The van der Waals surface area contributed by atoms with Gasteiger partial charge in [-0.15, -0.1) is 0 Å². The molecule has 0 radical (unpaired) electrons. The van der Waals surface area contributed by atoms with Crippen molar-refractivity contribution in [1.82, 2.24) is 9.88 Å². The highest BCUT2D eigenvalue weighted by atomic mass is 16.1. The monoisotopic (exact) mass is 350 g/mol. The van der Waals surface area contributed by atoms with E-state index in [9.17, 15) is 4.79 Å². The van der Waals surface area contributed by atoms with Gasteiger partial charge in [-0.3, -0.25) is 4.79 Å². The van der Waals surface area contributed by atoms with Gasteiger partial charge in [-0.2, -0.15) is 0 Å². The number of rotatable bonds is 9. The van der Waals surface area contributed by atoms with Crippen molar-refractivity contribution in [2.75, 3.05) is 6.54 Å². The second-order valence-electron chi connectivity index (χ2n) is 7.33. The predicted molar refractivity (Wildman–Crippen MR) is 110 cm³/mol. The molecule has 0 bridgehead atoms. The van der Waals surface area contributed by atoms with Crippen molar-refractivity contribution in [3.8, 4) is 0 Å². The summed E-state index contributed by atoms with van der Waals surface area (Å²) in [7, 11) is 2.00. The SMILES string of the molecule is CCC1(NCCCCCC(=O)c2cn(C)c3ccccc23)C=CC=CC1. The fourth-order valence-corrected chi connectivity index (χ4v) is 3.81. The molecule has 1 heterocycles. The first kappa shape index (κ1) is 18.7. The number of fused-ring (bicyclic) bond motifs is 1. The molecule has 1 N–H and O–H groups in total. The first-order valence-corrected chi connectivity index (χ1v) is 9.82. The van der Waals surface area contributed by atoms with Gasteiger partial charge in [-0.05, 0) is 38.3 Å². The number of unbranched alkanes of at least 4 members (excludes halogenated alkanes) is 2. The van der Waals surface area contributed by atoms with Crippen LogP contribution in [0.25, 0.3) is 10.9 Å². The summed E-state index contributed by atoms with van der Waals surface area (Å²) < 4.78 is 2.04. The van der Waals surface area contributed by atoms with Crippen molar-refractivity contribution >= 4 is 16.7 Å². The van der Waals surface area contributed by atoms with Gasteiger partial charge in [-0.1, -0.05) is 55.8 Å². The van der Waals surface area contributed by atoms with Crippen molar-refractivity contribution in [1.29, 1.82) is 0 Å². The predicted octanol–water partition coefficient (Wildman–Crippen LogP) is 5.18. The van der Waals surface area contributed by atoms with Crippen LogP contribution in [0.3, 0.4) is 0 Å². The standard InChI is InChI=1S/C23H30N2O/c1-3-23(15-9-5-10-16-23)24-17-11-4-6-14-22(26)20-18-25(2)21-13-8-7-12-19(20)21/h5,7-10,12-13,15,18,24H,3-4,6,11,14,16-17H2,1-2H3. The molecule has 1 aromatic carbocycles. The maximum atomic E-state index is 12.6. The minimum Gasteiger partial charge on any atom is -0.350 e. The van der Waals surface area contributed by atoms with Gasteiger partial charge < -0.3 is 9.88 Å². The number of ketones is 1. The number of Topliss-reactive ketones (excluding diaryl/α,β-unsaturated/α-hetero) is 1. The van der Waals surface area contributed by atoms with Gasteiger partial charge in [0, 0.05) is 41.7 Å². The molecule has 1 aliphatic carbocycles. The number of para-hydroxylation sites is 1. The average Bonchev–Trinajstić information content (AvgIpc) is 3.02. The van der Waals surface area contributed by atoms with Gasteiger partial charge in [0.25, 0.3) is 0 Å². The lowest BCUT2D eigenvalue weighted by Crippen LogP contribution is -2.43. The van der Waals surface area contributed by atoms with Crippen molar-refractivity contribution in [3.05, 3.63) is 60.3 Å². The number of nitrogens with one attached hydrogen (secondary N) is 1. The van der Waals surface area contributed by atoms with Crippen LogP contribution >= 0.6 is 0 Å². The molecule has 0 saturated carbocycles. The first-order valence-electron chi connectivity index (χ1n) is 9.82. The number of aromatic nitrogens is 1. The summed E-state index contributed by atoms with van der Waals surface area (Å²) in [5.74, 6) is 0.264. The molecule has 3 heteroatoms. The maximum Gasteiger partial charge on any atom is 0.165 e. The molecule has 3 nitrogen and oxygen atoms in total. The fraction of sp³-hybridized carbons (Fsp3) is 0.435. The van der Waals surface area contributed by atoms with E-state index in [4.69, 9.17) is 0 Å². The Labute approximate surface area is 156 Å². The Bertz CT molecular complexity index is 815. The van der Waals surface area contributed by atoms with Crippen molar-refractivity contribution in [2.45, 2.75) is 51.0 Å². The van der Waals surface area contributed by atoms with Crippen LogP contribution in [0, 0.1) is 0 Å². The zero-order valence-electron chi connectivity index (χ0n) is 16.0. The van der Waals surface area contributed by atoms with Crippen LogP contribution in [0.2, 0.25) is 0 Å². The third-order valence-electron chi connectivity index (χ3n) is 5.53. The maximum absolute atomic E-state index is 12.6. The topological polar surface area (TPSA) is 34.0 Å². The Hall–Kier alpha value is -2.13. The van der Waals surface area contributed by atoms with E-state index >= 15 is 0 Å². The largest absolute Gasteiger partial charge is 0.350 e. The van der Waals surface area contributed by atoms with Crippen LogP contribution in [0.4, 0.5) is 0 Å². The molecule has 138 valence electrons. The molecule has 1 aliphatic rings.